The highest BCUT2D eigenvalue weighted by atomic mass is 19.1. The zero-order valence-electron chi connectivity index (χ0n) is 10.3. The van der Waals surface area contributed by atoms with Gasteiger partial charge in [-0.3, -0.25) is 4.79 Å². The topological polar surface area (TPSA) is 17.1 Å². The van der Waals surface area contributed by atoms with Crippen LogP contribution in [0.15, 0.2) is 36.2 Å². The van der Waals surface area contributed by atoms with Gasteiger partial charge in [0, 0.05) is 6.42 Å². The minimum Gasteiger partial charge on any atom is -0.292 e. The molecule has 1 rings (SSSR count). The van der Waals surface area contributed by atoms with Crippen LogP contribution >= 0.6 is 0 Å². The third kappa shape index (κ3) is 5.43. The summed E-state index contributed by atoms with van der Waals surface area (Å²) in [4.78, 5) is 11.5. The molecule has 0 aromatic heterocycles. The van der Waals surface area contributed by atoms with Crippen molar-refractivity contribution >= 4 is 11.9 Å². The van der Waals surface area contributed by atoms with Crippen LogP contribution < -0.4 is 0 Å². The van der Waals surface area contributed by atoms with Gasteiger partial charge in [-0.05, 0) is 18.1 Å². The standard InChI is InChI=1S/C15H19FO/c1-2-3-4-8-11-15(17)14(16)12-13-9-6-5-7-10-13/h5-7,9-10,12H,2-4,8,11H2,1H3/b14-12+. The molecule has 0 aliphatic carbocycles. The Balaban J connectivity index is 2.44. The predicted molar refractivity (Wildman–Crippen MR) is 69.3 cm³/mol. The summed E-state index contributed by atoms with van der Waals surface area (Å²) in [6, 6.07) is 9.07. The van der Waals surface area contributed by atoms with Crippen molar-refractivity contribution in [3.63, 3.8) is 0 Å². The highest BCUT2D eigenvalue weighted by Crippen LogP contribution is 2.12. The fourth-order valence-electron chi connectivity index (χ4n) is 1.61. The van der Waals surface area contributed by atoms with Gasteiger partial charge >= 0.3 is 0 Å². The first-order chi connectivity index (χ1) is 8.24. The lowest BCUT2D eigenvalue weighted by Gasteiger charge is -1.99. The van der Waals surface area contributed by atoms with E-state index in [-0.39, 0.29) is 5.78 Å². The number of carbonyl (C=O) groups excluding carboxylic acids is 1. The minimum absolute atomic E-state index is 0.315. The fourth-order valence-corrected chi connectivity index (χ4v) is 1.61. The third-order valence-corrected chi connectivity index (χ3v) is 2.62. The SMILES string of the molecule is CCCCCCC(=O)/C(F)=C\c1ccccc1. The quantitative estimate of drug-likeness (QED) is 0.500. The third-order valence-electron chi connectivity index (χ3n) is 2.62. The van der Waals surface area contributed by atoms with Gasteiger partial charge in [0.25, 0.3) is 0 Å². The van der Waals surface area contributed by atoms with Crippen LogP contribution in [-0.4, -0.2) is 5.78 Å². The Bertz CT molecular complexity index is 368. The van der Waals surface area contributed by atoms with Crippen molar-refractivity contribution in [1.82, 2.24) is 0 Å². The van der Waals surface area contributed by atoms with Crippen LogP contribution in [0.5, 0.6) is 0 Å². The summed E-state index contributed by atoms with van der Waals surface area (Å²) in [6.07, 6.45) is 5.63. The molecule has 0 aliphatic rings. The van der Waals surface area contributed by atoms with Gasteiger partial charge in [-0.15, -0.1) is 0 Å². The number of benzene rings is 1. The number of halogens is 1. The summed E-state index contributed by atoms with van der Waals surface area (Å²) in [5.41, 5.74) is 0.729. The van der Waals surface area contributed by atoms with Gasteiger partial charge in [0.2, 0.25) is 0 Å². The van der Waals surface area contributed by atoms with Gasteiger partial charge in [-0.25, -0.2) is 4.39 Å². The summed E-state index contributed by atoms with van der Waals surface area (Å²) < 4.78 is 13.5. The van der Waals surface area contributed by atoms with Crippen LogP contribution in [0.1, 0.15) is 44.6 Å². The van der Waals surface area contributed by atoms with Crippen LogP contribution in [0.4, 0.5) is 4.39 Å². The van der Waals surface area contributed by atoms with Gasteiger partial charge in [-0.2, -0.15) is 0 Å². The molecular weight excluding hydrogens is 215 g/mol. The fraction of sp³-hybridized carbons (Fsp3) is 0.400. The smallest absolute Gasteiger partial charge is 0.191 e. The minimum atomic E-state index is -0.632. The normalized spacial score (nSPS) is 11.5. The van der Waals surface area contributed by atoms with E-state index >= 15 is 0 Å². The lowest BCUT2D eigenvalue weighted by Crippen LogP contribution is -1.98. The number of hydrogen-bond donors (Lipinski definition) is 0. The Morgan fingerprint density at radius 2 is 1.88 bits per heavy atom. The zero-order valence-corrected chi connectivity index (χ0v) is 10.3. The molecule has 1 aromatic carbocycles. The highest BCUT2D eigenvalue weighted by molar-refractivity contribution is 5.97. The maximum Gasteiger partial charge on any atom is 0.191 e. The molecule has 0 N–H and O–H groups in total. The van der Waals surface area contributed by atoms with Crippen molar-refractivity contribution in [1.29, 1.82) is 0 Å². The number of rotatable bonds is 7. The Morgan fingerprint density at radius 1 is 1.18 bits per heavy atom. The Morgan fingerprint density at radius 3 is 2.53 bits per heavy atom. The van der Waals surface area contributed by atoms with Crippen LogP contribution in [0.2, 0.25) is 0 Å². The van der Waals surface area contributed by atoms with Gasteiger partial charge in [0.15, 0.2) is 11.6 Å². The summed E-state index contributed by atoms with van der Waals surface area (Å²) in [5.74, 6) is -1.02. The zero-order chi connectivity index (χ0) is 12.5. The maximum atomic E-state index is 13.5. The molecule has 0 unspecified atom stereocenters. The second kappa shape index (κ2) is 7.77. The van der Waals surface area contributed by atoms with E-state index in [9.17, 15) is 9.18 Å². The molecule has 0 fully saturated rings. The number of hydrogen-bond acceptors (Lipinski definition) is 1. The Labute approximate surface area is 102 Å². The number of ketones is 1. The molecule has 0 saturated carbocycles. The molecule has 0 amide bonds. The van der Waals surface area contributed by atoms with E-state index in [2.05, 4.69) is 6.92 Å². The molecule has 0 radical (unpaired) electrons. The van der Waals surface area contributed by atoms with E-state index in [0.29, 0.717) is 6.42 Å². The lowest BCUT2D eigenvalue weighted by atomic mass is 10.1. The second-order valence-electron chi connectivity index (χ2n) is 4.14. The van der Waals surface area contributed by atoms with E-state index in [1.54, 1.807) is 12.1 Å². The average Bonchev–Trinajstić information content (AvgIpc) is 2.35. The number of Topliss-reactive ketones (excluding diaryl/α,β-unsaturated/α-hetero) is 1. The first kappa shape index (κ1) is 13.6. The first-order valence-electron chi connectivity index (χ1n) is 6.19. The van der Waals surface area contributed by atoms with E-state index in [1.165, 1.54) is 6.08 Å². The number of carbonyl (C=O) groups is 1. The molecular formula is C15H19FO. The van der Waals surface area contributed by atoms with Crippen molar-refractivity contribution in [2.24, 2.45) is 0 Å². The highest BCUT2D eigenvalue weighted by Gasteiger charge is 2.08. The Hall–Kier alpha value is -1.44. The molecule has 1 aromatic rings. The van der Waals surface area contributed by atoms with E-state index in [0.717, 1.165) is 31.2 Å². The maximum absolute atomic E-state index is 13.5. The Kier molecular flexibility index (Phi) is 6.23. The van der Waals surface area contributed by atoms with E-state index in [4.69, 9.17) is 0 Å². The molecule has 0 saturated heterocycles. The van der Waals surface area contributed by atoms with Gasteiger partial charge < -0.3 is 0 Å². The molecule has 2 heteroatoms. The molecule has 0 atom stereocenters. The van der Waals surface area contributed by atoms with Crippen molar-refractivity contribution < 1.29 is 9.18 Å². The first-order valence-corrected chi connectivity index (χ1v) is 6.19. The molecule has 17 heavy (non-hydrogen) atoms. The summed E-state index contributed by atoms with van der Waals surface area (Å²) in [5, 5.41) is 0. The van der Waals surface area contributed by atoms with Crippen molar-refractivity contribution in [3.05, 3.63) is 41.7 Å². The van der Waals surface area contributed by atoms with Gasteiger partial charge in [0.1, 0.15) is 0 Å². The molecule has 1 nitrogen and oxygen atoms in total. The number of allylic oxidation sites excluding steroid dienone is 1. The van der Waals surface area contributed by atoms with Crippen molar-refractivity contribution in [3.8, 4) is 0 Å². The lowest BCUT2D eigenvalue weighted by molar-refractivity contribution is -0.116. The van der Waals surface area contributed by atoms with Crippen molar-refractivity contribution in [2.45, 2.75) is 39.0 Å². The summed E-state index contributed by atoms with van der Waals surface area (Å²) in [6.45, 7) is 2.11. The van der Waals surface area contributed by atoms with Crippen LogP contribution in [-0.2, 0) is 4.79 Å². The molecule has 92 valence electrons. The monoisotopic (exact) mass is 234 g/mol. The van der Waals surface area contributed by atoms with E-state index in [1.807, 2.05) is 18.2 Å². The van der Waals surface area contributed by atoms with Crippen molar-refractivity contribution in [2.75, 3.05) is 0 Å². The van der Waals surface area contributed by atoms with Gasteiger partial charge in [-0.1, -0.05) is 56.5 Å². The van der Waals surface area contributed by atoms with E-state index < -0.39 is 5.83 Å². The molecule has 0 spiro atoms. The molecule has 0 aliphatic heterocycles. The second-order valence-corrected chi connectivity index (χ2v) is 4.14. The molecule has 0 bridgehead atoms. The van der Waals surface area contributed by atoms with Crippen LogP contribution in [0.3, 0.4) is 0 Å². The predicted octanol–water partition coefficient (Wildman–Crippen LogP) is 4.54. The summed E-state index contributed by atoms with van der Waals surface area (Å²) >= 11 is 0. The number of unbranched alkanes of at least 4 members (excludes halogenated alkanes) is 3. The van der Waals surface area contributed by atoms with Crippen LogP contribution in [0, 0.1) is 0 Å². The molecule has 0 heterocycles. The van der Waals surface area contributed by atoms with Gasteiger partial charge in [0.05, 0.1) is 0 Å². The van der Waals surface area contributed by atoms with Crippen LogP contribution in [0.25, 0.3) is 6.08 Å². The average molecular weight is 234 g/mol. The summed E-state index contributed by atoms with van der Waals surface area (Å²) in [7, 11) is 0. The largest absolute Gasteiger partial charge is 0.292 e.